The van der Waals surface area contributed by atoms with E-state index in [0.29, 0.717) is 39.6 Å². The third-order valence-electron chi connectivity index (χ3n) is 10.0. The predicted octanol–water partition coefficient (Wildman–Crippen LogP) is 5.44. The second kappa shape index (κ2) is 11.0. The van der Waals surface area contributed by atoms with E-state index in [0.717, 1.165) is 32.0 Å². The summed E-state index contributed by atoms with van der Waals surface area (Å²) in [5, 5.41) is 5.23. The molecule has 2 bridgehead atoms. The third-order valence-corrected chi connectivity index (χ3v) is 10.0. The van der Waals surface area contributed by atoms with Crippen molar-refractivity contribution in [2.24, 2.45) is 0 Å². The topological polar surface area (TPSA) is 63.2 Å². The number of ether oxygens (including phenoxy) is 1. The van der Waals surface area contributed by atoms with E-state index in [1.807, 2.05) is 0 Å². The number of nitrogens with zero attached hydrogens (tertiary/aromatic N) is 5. The van der Waals surface area contributed by atoms with Crippen LogP contribution in [0.15, 0.2) is 36.5 Å². The first kappa shape index (κ1) is 27.9. The summed E-state index contributed by atoms with van der Waals surface area (Å²) < 4.78 is 37.3. The summed E-state index contributed by atoms with van der Waals surface area (Å²) in [5.41, 5.74) is 0.635. The summed E-state index contributed by atoms with van der Waals surface area (Å²) in [4.78, 5) is 15.5. The van der Waals surface area contributed by atoms with E-state index < -0.39 is 11.6 Å². The lowest BCUT2D eigenvalue weighted by Crippen LogP contribution is -2.51. The van der Waals surface area contributed by atoms with Crippen LogP contribution in [0.2, 0.25) is 0 Å². The zero-order valence-electron chi connectivity index (χ0n) is 24.7. The van der Waals surface area contributed by atoms with Crippen LogP contribution in [-0.4, -0.2) is 77.9 Å². The molecule has 9 heteroatoms. The van der Waals surface area contributed by atoms with Gasteiger partial charge >= 0.3 is 6.01 Å². The Morgan fingerprint density at radius 3 is 2.44 bits per heavy atom. The normalized spacial score (nSPS) is 25.8. The molecule has 0 aliphatic carbocycles. The summed E-state index contributed by atoms with van der Waals surface area (Å²) in [6.07, 6.45) is 15.4. The van der Waals surface area contributed by atoms with Gasteiger partial charge in [-0.05, 0) is 24.3 Å². The van der Waals surface area contributed by atoms with Crippen LogP contribution in [0.3, 0.4) is 0 Å². The summed E-state index contributed by atoms with van der Waals surface area (Å²) in [7, 11) is 3.89. The minimum absolute atomic E-state index is 0.0484. The first-order valence-corrected chi connectivity index (χ1v) is 15.3. The molecule has 0 radical (unpaired) electrons. The molecule has 7 nitrogen and oxygen atoms in total. The average Bonchev–Trinajstić information content (AvgIpc) is 3.68. The van der Waals surface area contributed by atoms with Gasteiger partial charge in [-0.1, -0.05) is 30.2 Å². The number of fused-ring (bicyclic) bond motifs is 5. The fraction of sp³-hybridized carbons (Fsp3) is 0.441. The lowest BCUT2D eigenvalue weighted by molar-refractivity contribution is -0.908. The van der Waals surface area contributed by atoms with E-state index in [2.05, 4.69) is 38.1 Å². The van der Waals surface area contributed by atoms with E-state index in [1.165, 1.54) is 56.4 Å². The molecular weight excluding hydrogens is 546 g/mol. The van der Waals surface area contributed by atoms with Crippen molar-refractivity contribution in [1.82, 2.24) is 20.3 Å². The van der Waals surface area contributed by atoms with Gasteiger partial charge < -0.3 is 19.4 Å². The summed E-state index contributed by atoms with van der Waals surface area (Å²) >= 11 is 0. The highest BCUT2D eigenvalue weighted by Crippen LogP contribution is 2.37. The molecule has 0 saturated carbocycles. The number of rotatable bonds is 3. The van der Waals surface area contributed by atoms with Crippen LogP contribution in [0.1, 0.15) is 44.1 Å². The molecule has 4 aliphatic heterocycles. The van der Waals surface area contributed by atoms with Gasteiger partial charge in [0.05, 0.1) is 44.2 Å². The predicted molar refractivity (Wildman–Crippen MR) is 165 cm³/mol. The number of pyridine rings is 1. The molecule has 2 aromatic carbocycles. The van der Waals surface area contributed by atoms with Gasteiger partial charge in [0.15, 0.2) is 5.82 Å². The van der Waals surface area contributed by atoms with Gasteiger partial charge in [-0.3, -0.25) is 4.98 Å². The maximum Gasteiger partial charge on any atom is 0.318 e. The lowest BCUT2D eigenvalue weighted by Gasteiger charge is -2.34. The van der Waals surface area contributed by atoms with Crippen molar-refractivity contribution in [2.45, 2.75) is 56.7 Å². The van der Waals surface area contributed by atoms with Crippen LogP contribution in [0, 0.1) is 24.0 Å². The van der Waals surface area contributed by atoms with Crippen molar-refractivity contribution in [3.05, 3.63) is 53.7 Å². The molecule has 1 N–H and O–H groups in total. The maximum absolute atomic E-state index is 16.1. The highest BCUT2D eigenvalue weighted by Gasteiger charge is 2.41. The standard InChI is InChI=1S/C26H21F2N5O.C8H16N/c1-3-17-20(27)10-7-14-5-4-6-18(21(14)17)23-22(28)24-19(11-29-23)25(32-26(31-24)34-2)33-12-15-8-9-16(13-33)30-15;1-9-6-2-4-8(9)5-3-7-9/h1,4-7,10-11,15-16,30H,8-9,12-13H2,2H3;8H,2-7H2,1H3/q;+1. The van der Waals surface area contributed by atoms with Gasteiger partial charge in [0, 0.05) is 68.0 Å². The number of anilines is 1. The highest BCUT2D eigenvalue weighted by molar-refractivity contribution is 6.02. The SMILES string of the molecule is C#Cc1c(F)ccc2cccc(-c3ncc4c(N5CC6CCC(C5)N6)nc(OC)nc4c3F)c12.C[N+]12CCCC1CCC2. The number of hydrogen-bond donors (Lipinski definition) is 1. The van der Waals surface area contributed by atoms with E-state index in [4.69, 9.17) is 11.2 Å². The molecule has 6 heterocycles. The third kappa shape index (κ3) is 4.87. The lowest BCUT2D eigenvalue weighted by atomic mass is 9.96. The Labute approximate surface area is 250 Å². The molecule has 43 heavy (non-hydrogen) atoms. The van der Waals surface area contributed by atoms with Crippen LogP contribution in [0.4, 0.5) is 14.6 Å². The monoisotopic (exact) mass is 583 g/mol. The molecular formula is C34H37F2N6O+. The van der Waals surface area contributed by atoms with E-state index in [1.54, 1.807) is 30.5 Å². The zero-order chi connectivity index (χ0) is 29.7. The van der Waals surface area contributed by atoms with Gasteiger partial charge in [-0.25, -0.2) is 8.78 Å². The molecule has 0 spiro atoms. The first-order chi connectivity index (χ1) is 20.9. The molecule has 2 unspecified atom stereocenters. The molecule has 2 aromatic heterocycles. The molecule has 0 amide bonds. The molecule has 4 saturated heterocycles. The molecule has 222 valence electrons. The Balaban J connectivity index is 0.000000283. The van der Waals surface area contributed by atoms with Crippen LogP contribution < -0.4 is 15.0 Å². The number of benzene rings is 2. The number of hydrogen-bond acceptors (Lipinski definition) is 6. The van der Waals surface area contributed by atoms with Gasteiger partial charge in [-0.2, -0.15) is 9.97 Å². The zero-order valence-corrected chi connectivity index (χ0v) is 24.7. The average molecular weight is 584 g/mol. The molecule has 4 fully saturated rings. The van der Waals surface area contributed by atoms with Crippen molar-refractivity contribution in [2.75, 3.05) is 45.2 Å². The van der Waals surface area contributed by atoms with Crippen LogP contribution in [0.25, 0.3) is 32.9 Å². The van der Waals surface area contributed by atoms with Crippen LogP contribution in [0.5, 0.6) is 6.01 Å². The maximum atomic E-state index is 16.1. The summed E-state index contributed by atoms with van der Waals surface area (Å²) in [5.74, 6) is 1.84. The quantitative estimate of drug-likeness (QED) is 0.256. The smallest absolute Gasteiger partial charge is 0.318 e. The summed E-state index contributed by atoms with van der Waals surface area (Å²) in [6.45, 7) is 4.46. The number of methoxy groups -OCH3 is 1. The second-order valence-electron chi connectivity index (χ2n) is 12.6. The molecule has 4 aliphatic rings. The number of aromatic nitrogens is 3. The van der Waals surface area contributed by atoms with Crippen molar-refractivity contribution < 1.29 is 18.0 Å². The Morgan fingerprint density at radius 2 is 1.77 bits per heavy atom. The number of halogens is 2. The van der Waals surface area contributed by atoms with Gasteiger partial charge in [-0.15, -0.1) is 6.42 Å². The van der Waals surface area contributed by atoms with Crippen molar-refractivity contribution in [3.8, 4) is 29.6 Å². The Kier molecular flexibility index (Phi) is 7.15. The van der Waals surface area contributed by atoms with E-state index >= 15 is 4.39 Å². The van der Waals surface area contributed by atoms with Gasteiger partial charge in [0.1, 0.15) is 22.8 Å². The summed E-state index contributed by atoms with van der Waals surface area (Å²) in [6, 6.07) is 10.1. The van der Waals surface area contributed by atoms with Gasteiger partial charge in [0.2, 0.25) is 0 Å². The Hall–Kier alpha value is -3.87. The number of nitrogens with one attached hydrogen (secondary N) is 1. The second-order valence-corrected chi connectivity index (χ2v) is 12.6. The number of terminal acetylenes is 1. The van der Waals surface area contributed by atoms with Gasteiger partial charge in [0.25, 0.3) is 0 Å². The minimum Gasteiger partial charge on any atom is -0.467 e. The highest BCUT2D eigenvalue weighted by atomic mass is 19.1. The number of piperazine rings is 1. The molecule has 4 aromatic rings. The van der Waals surface area contributed by atoms with Crippen molar-refractivity contribution in [3.63, 3.8) is 0 Å². The minimum atomic E-state index is -0.628. The fourth-order valence-electron chi connectivity index (χ4n) is 7.82. The largest absolute Gasteiger partial charge is 0.467 e. The van der Waals surface area contributed by atoms with Crippen LogP contribution in [-0.2, 0) is 0 Å². The first-order valence-electron chi connectivity index (χ1n) is 15.3. The Morgan fingerprint density at radius 1 is 1.02 bits per heavy atom. The van der Waals surface area contributed by atoms with E-state index in [9.17, 15) is 4.39 Å². The van der Waals surface area contributed by atoms with Crippen molar-refractivity contribution in [1.29, 1.82) is 0 Å². The number of quaternary nitrogens is 1. The van der Waals surface area contributed by atoms with Crippen molar-refractivity contribution >= 4 is 27.5 Å². The van der Waals surface area contributed by atoms with Crippen LogP contribution >= 0.6 is 0 Å². The van der Waals surface area contributed by atoms with E-state index in [-0.39, 0.29) is 22.8 Å². The fourth-order valence-corrected chi connectivity index (χ4v) is 7.82. The molecule has 8 rings (SSSR count). The Bertz CT molecular complexity index is 1730. The molecule has 2 atom stereocenters.